The Kier molecular flexibility index (Phi) is 2.03. The highest BCUT2D eigenvalue weighted by molar-refractivity contribution is 5.04. The lowest BCUT2D eigenvalue weighted by Gasteiger charge is -1.88. The molecule has 0 amide bonds. The second-order valence-corrected chi connectivity index (χ2v) is 2.13. The summed E-state index contributed by atoms with van der Waals surface area (Å²) in [6.07, 6.45) is 0. The van der Waals surface area contributed by atoms with Crippen molar-refractivity contribution in [3.05, 3.63) is 17.3 Å². The summed E-state index contributed by atoms with van der Waals surface area (Å²) in [5.74, 6) is 6.56. The van der Waals surface area contributed by atoms with Gasteiger partial charge in [0.2, 0.25) is 5.89 Å². The molecule has 0 saturated carbocycles. The molecule has 0 aromatic carbocycles. The Hall–Kier alpha value is -0.870. The van der Waals surface area contributed by atoms with Gasteiger partial charge in [-0.15, -0.1) is 0 Å². The van der Waals surface area contributed by atoms with E-state index in [1.807, 2.05) is 13.8 Å². The van der Waals surface area contributed by atoms with Crippen LogP contribution in [0.2, 0.25) is 0 Å². The molecule has 0 radical (unpaired) electrons. The van der Waals surface area contributed by atoms with Crippen molar-refractivity contribution in [1.82, 2.24) is 10.4 Å². The highest BCUT2D eigenvalue weighted by Crippen LogP contribution is 2.06. The quantitative estimate of drug-likeness (QED) is 0.458. The van der Waals surface area contributed by atoms with Crippen LogP contribution in [0.5, 0.6) is 0 Å². The third kappa shape index (κ3) is 1.34. The average Bonchev–Trinajstić information content (AvgIpc) is 2.14. The van der Waals surface area contributed by atoms with Gasteiger partial charge in [0, 0.05) is 0 Å². The minimum absolute atomic E-state index is 0.481. The van der Waals surface area contributed by atoms with Gasteiger partial charge in [-0.25, -0.2) is 4.98 Å². The number of aromatic nitrogens is 1. The third-order valence-corrected chi connectivity index (χ3v) is 1.33. The molecule has 1 rings (SSSR count). The SMILES string of the molecule is Cc1nc(CNN)oc1C. The average molecular weight is 141 g/mol. The lowest BCUT2D eigenvalue weighted by atomic mass is 10.4. The van der Waals surface area contributed by atoms with Crippen molar-refractivity contribution in [3.63, 3.8) is 0 Å². The van der Waals surface area contributed by atoms with E-state index in [1.165, 1.54) is 0 Å². The molecule has 4 heteroatoms. The summed E-state index contributed by atoms with van der Waals surface area (Å²) in [6, 6.07) is 0. The van der Waals surface area contributed by atoms with Crippen LogP contribution in [0.15, 0.2) is 4.42 Å². The number of nitrogens with zero attached hydrogens (tertiary/aromatic N) is 1. The second-order valence-electron chi connectivity index (χ2n) is 2.13. The predicted octanol–water partition coefficient (Wildman–Crippen LogP) is 0.255. The molecule has 0 aliphatic carbocycles. The second kappa shape index (κ2) is 2.81. The minimum atomic E-state index is 0.481. The van der Waals surface area contributed by atoms with Gasteiger partial charge in [-0.2, -0.15) is 0 Å². The molecular weight excluding hydrogens is 130 g/mol. The lowest BCUT2D eigenvalue weighted by Crippen LogP contribution is -2.20. The first-order chi connectivity index (χ1) is 4.74. The van der Waals surface area contributed by atoms with Gasteiger partial charge < -0.3 is 4.42 Å². The maximum absolute atomic E-state index is 5.20. The molecule has 0 atom stereocenters. The molecule has 0 unspecified atom stereocenters. The normalized spacial score (nSPS) is 10.3. The summed E-state index contributed by atoms with van der Waals surface area (Å²) in [6.45, 7) is 4.26. The van der Waals surface area contributed by atoms with Crippen molar-refractivity contribution < 1.29 is 4.42 Å². The van der Waals surface area contributed by atoms with Crippen LogP contribution in [0.25, 0.3) is 0 Å². The molecule has 56 valence electrons. The highest BCUT2D eigenvalue weighted by Gasteiger charge is 2.02. The van der Waals surface area contributed by atoms with Crippen LogP contribution in [0.1, 0.15) is 17.3 Å². The molecule has 4 nitrogen and oxygen atoms in total. The van der Waals surface area contributed by atoms with Gasteiger partial charge in [-0.3, -0.25) is 11.3 Å². The predicted molar refractivity (Wildman–Crippen MR) is 37.0 cm³/mol. The summed E-state index contributed by atoms with van der Waals surface area (Å²) in [4.78, 5) is 4.09. The molecule has 3 N–H and O–H groups in total. The number of hydrazine groups is 1. The standard InChI is InChI=1S/C6H11N3O/c1-4-5(2)10-6(9-4)3-8-7/h8H,3,7H2,1-2H3. The van der Waals surface area contributed by atoms with E-state index in [4.69, 9.17) is 10.3 Å². The number of hydrogen-bond acceptors (Lipinski definition) is 4. The van der Waals surface area contributed by atoms with E-state index in [1.54, 1.807) is 0 Å². The lowest BCUT2D eigenvalue weighted by molar-refractivity contribution is 0.452. The Bertz CT molecular complexity index is 199. The van der Waals surface area contributed by atoms with Gasteiger partial charge in [0.05, 0.1) is 12.2 Å². The van der Waals surface area contributed by atoms with Crippen LogP contribution in [0.4, 0.5) is 0 Å². The van der Waals surface area contributed by atoms with E-state index in [0.717, 1.165) is 11.5 Å². The van der Waals surface area contributed by atoms with E-state index >= 15 is 0 Å². The van der Waals surface area contributed by atoms with E-state index in [9.17, 15) is 0 Å². The molecule has 0 spiro atoms. The van der Waals surface area contributed by atoms with Crippen molar-refractivity contribution in [1.29, 1.82) is 0 Å². The number of nitrogens with one attached hydrogen (secondary N) is 1. The first-order valence-corrected chi connectivity index (χ1v) is 3.10. The Balaban J connectivity index is 2.77. The Labute approximate surface area is 59.4 Å². The number of aryl methyl sites for hydroxylation is 2. The van der Waals surface area contributed by atoms with Crippen molar-refractivity contribution in [2.24, 2.45) is 5.84 Å². The Morgan fingerprint density at radius 3 is 2.70 bits per heavy atom. The molecule has 0 fully saturated rings. The molecule has 0 aliphatic heterocycles. The summed E-state index contributed by atoms with van der Waals surface area (Å²) in [5.41, 5.74) is 3.39. The van der Waals surface area contributed by atoms with Crippen LogP contribution in [-0.4, -0.2) is 4.98 Å². The zero-order valence-electron chi connectivity index (χ0n) is 6.14. The zero-order valence-corrected chi connectivity index (χ0v) is 6.14. The van der Waals surface area contributed by atoms with E-state index in [0.29, 0.717) is 12.4 Å². The van der Waals surface area contributed by atoms with Crippen LogP contribution in [-0.2, 0) is 6.54 Å². The maximum atomic E-state index is 5.20. The minimum Gasteiger partial charge on any atom is -0.444 e. The van der Waals surface area contributed by atoms with Crippen molar-refractivity contribution >= 4 is 0 Å². The third-order valence-electron chi connectivity index (χ3n) is 1.33. The van der Waals surface area contributed by atoms with Gasteiger partial charge in [0.15, 0.2) is 0 Å². The first kappa shape index (κ1) is 7.24. The van der Waals surface area contributed by atoms with Crippen LogP contribution in [0.3, 0.4) is 0 Å². The van der Waals surface area contributed by atoms with Crippen molar-refractivity contribution in [2.45, 2.75) is 20.4 Å². The summed E-state index contributed by atoms with van der Waals surface area (Å²) in [7, 11) is 0. The molecule has 1 heterocycles. The molecule has 0 aliphatic rings. The molecule has 1 aromatic rings. The molecule has 1 aromatic heterocycles. The fourth-order valence-corrected chi connectivity index (χ4v) is 0.702. The highest BCUT2D eigenvalue weighted by atomic mass is 16.4. The maximum Gasteiger partial charge on any atom is 0.209 e. The monoisotopic (exact) mass is 141 g/mol. The summed E-state index contributed by atoms with van der Waals surface area (Å²) < 4.78 is 5.20. The Morgan fingerprint density at radius 1 is 1.60 bits per heavy atom. The fraction of sp³-hybridized carbons (Fsp3) is 0.500. The number of rotatable bonds is 2. The van der Waals surface area contributed by atoms with Gasteiger partial charge in [-0.1, -0.05) is 0 Å². The topological polar surface area (TPSA) is 64.1 Å². The Morgan fingerprint density at radius 2 is 2.30 bits per heavy atom. The summed E-state index contributed by atoms with van der Waals surface area (Å²) in [5, 5.41) is 0. The molecule has 0 bridgehead atoms. The largest absolute Gasteiger partial charge is 0.444 e. The van der Waals surface area contributed by atoms with Crippen LogP contribution >= 0.6 is 0 Å². The summed E-state index contributed by atoms with van der Waals surface area (Å²) >= 11 is 0. The van der Waals surface area contributed by atoms with E-state index in [2.05, 4.69) is 10.4 Å². The fourth-order valence-electron chi connectivity index (χ4n) is 0.702. The molecule has 10 heavy (non-hydrogen) atoms. The number of nitrogens with two attached hydrogens (primary N) is 1. The number of oxazole rings is 1. The number of hydrogen-bond donors (Lipinski definition) is 2. The smallest absolute Gasteiger partial charge is 0.209 e. The van der Waals surface area contributed by atoms with Crippen LogP contribution in [0, 0.1) is 13.8 Å². The van der Waals surface area contributed by atoms with E-state index < -0.39 is 0 Å². The van der Waals surface area contributed by atoms with E-state index in [-0.39, 0.29) is 0 Å². The molecule has 0 saturated heterocycles. The van der Waals surface area contributed by atoms with Gasteiger partial charge >= 0.3 is 0 Å². The van der Waals surface area contributed by atoms with Gasteiger partial charge in [0.1, 0.15) is 5.76 Å². The van der Waals surface area contributed by atoms with Gasteiger partial charge in [0.25, 0.3) is 0 Å². The van der Waals surface area contributed by atoms with Gasteiger partial charge in [-0.05, 0) is 13.8 Å². The van der Waals surface area contributed by atoms with Crippen LogP contribution < -0.4 is 11.3 Å². The zero-order chi connectivity index (χ0) is 7.56. The first-order valence-electron chi connectivity index (χ1n) is 3.10. The van der Waals surface area contributed by atoms with Crippen molar-refractivity contribution in [3.8, 4) is 0 Å². The van der Waals surface area contributed by atoms with Crippen molar-refractivity contribution in [2.75, 3.05) is 0 Å². The molecular formula is C6H11N3O.